The number of hydrogen-bond donors (Lipinski definition) is 0. The van der Waals surface area contributed by atoms with Gasteiger partial charge >= 0.3 is 0 Å². The van der Waals surface area contributed by atoms with Gasteiger partial charge in [-0.15, -0.1) is 0 Å². The van der Waals surface area contributed by atoms with Crippen LogP contribution in [0.1, 0.15) is 0 Å². The predicted molar refractivity (Wildman–Crippen MR) is 57.3 cm³/mol. The molecule has 2 rings (SSSR count). The van der Waals surface area contributed by atoms with E-state index < -0.39 is 0 Å². The van der Waals surface area contributed by atoms with Gasteiger partial charge in [0, 0.05) is 11.8 Å². The molecule has 0 saturated heterocycles. The monoisotopic (exact) mass is 251 g/mol. The first-order valence-corrected chi connectivity index (χ1v) is 4.94. The Morgan fingerprint density at radius 1 is 1.07 bits per heavy atom. The SMILES string of the molecule is Fc1c(-c2ccccc2)ccnc1Br. The van der Waals surface area contributed by atoms with Crippen LogP contribution in [-0.4, -0.2) is 4.98 Å². The molecule has 0 unspecified atom stereocenters. The van der Waals surface area contributed by atoms with Crippen molar-refractivity contribution in [3.05, 3.63) is 53.0 Å². The molecule has 14 heavy (non-hydrogen) atoms. The first kappa shape index (κ1) is 9.34. The molecule has 0 N–H and O–H groups in total. The molecule has 1 heterocycles. The van der Waals surface area contributed by atoms with E-state index in [0.717, 1.165) is 5.56 Å². The van der Waals surface area contributed by atoms with Crippen LogP contribution in [0.2, 0.25) is 0 Å². The lowest BCUT2D eigenvalue weighted by atomic mass is 10.1. The maximum atomic E-state index is 13.6. The smallest absolute Gasteiger partial charge is 0.163 e. The fourth-order valence-corrected chi connectivity index (χ4v) is 1.59. The highest BCUT2D eigenvalue weighted by Gasteiger charge is 2.07. The van der Waals surface area contributed by atoms with Crippen LogP contribution < -0.4 is 0 Å². The van der Waals surface area contributed by atoms with Gasteiger partial charge in [0.1, 0.15) is 4.60 Å². The van der Waals surface area contributed by atoms with Crippen LogP contribution >= 0.6 is 15.9 Å². The third-order valence-electron chi connectivity index (χ3n) is 1.93. The van der Waals surface area contributed by atoms with Crippen molar-refractivity contribution in [1.82, 2.24) is 4.98 Å². The lowest BCUT2D eigenvalue weighted by Gasteiger charge is -2.03. The molecule has 0 aliphatic heterocycles. The van der Waals surface area contributed by atoms with E-state index in [9.17, 15) is 4.39 Å². The van der Waals surface area contributed by atoms with Crippen molar-refractivity contribution >= 4 is 15.9 Å². The Labute approximate surface area is 89.7 Å². The molecule has 1 nitrogen and oxygen atoms in total. The summed E-state index contributed by atoms with van der Waals surface area (Å²) >= 11 is 3.06. The topological polar surface area (TPSA) is 12.9 Å². The van der Waals surface area contributed by atoms with Crippen LogP contribution in [0, 0.1) is 5.82 Å². The van der Waals surface area contributed by atoms with Gasteiger partial charge in [-0.2, -0.15) is 0 Å². The Morgan fingerprint density at radius 2 is 1.79 bits per heavy atom. The number of pyridine rings is 1. The molecule has 2 aromatic rings. The maximum absolute atomic E-state index is 13.6. The number of nitrogens with zero attached hydrogens (tertiary/aromatic N) is 1. The summed E-state index contributed by atoms with van der Waals surface area (Å²) in [6.07, 6.45) is 1.58. The summed E-state index contributed by atoms with van der Waals surface area (Å²) in [7, 11) is 0. The van der Waals surface area contributed by atoms with Crippen LogP contribution in [0.25, 0.3) is 11.1 Å². The van der Waals surface area contributed by atoms with E-state index in [-0.39, 0.29) is 10.4 Å². The van der Waals surface area contributed by atoms with Crippen molar-refractivity contribution in [2.45, 2.75) is 0 Å². The Kier molecular flexibility index (Phi) is 2.59. The van der Waals surface area contributed by atoms with Crippen LogP contribution in [0.3, 0.4) is 0 Å². The van der Waals surface area contributed by atoms with Crippen molar-refractivity contribution < 1.29 is 4.39 Å². The van der Waals surface area contributed by atoms with Crippen LogP contribution in [0.5, 0.6) is 0 Å². The quantitative estimate of drug-likeness (QED) is 0.706. The van der Waals surface area contributed by atoms with Crippen molar-refractivity contribution in [2.24, 2.45) is 0 Å². The molecular weight excluding hydrogens is 245 g/mol. The zero-order valence-electron chi connectivity index (χ0n) is 7.24. The number of hydrogen-bond acceptors (Lipinski definition) is 1. The number of aromatic nitrogens is 1. The fourth-order valence-electron chi connectivity index (χ4n) is 1.26. The van der Waals surface area contributed by atoms with E-state index in [2.05, 4.69) is 20.9 Å². The molecule has 3 heteroatoms. The summed E-state index contributed by atoms with van der Waals surface area (Å²) in [6.45, 7) is 0. The molecule has 0 fully saturated rings. The Balaban J connectivity index is 2.58. The third-order valence-corrected chi connectivity index (χ3v) is 2.48. The van der Waals surface area contributed by atoms with E-state index in [4.69, 9.17) is 0 Å². The molecular formula is C11H7BrFN. The average molecular weight is 252 g/mol. The van der Waals surface area contributed by atoms with E-state index >= 15 is 0 Å². The zero-order valence-corrected chi connectivity index (χ0v) is 8.83. The van der Waals surface area contributed by atoms with Gasteiger partial charge in [0.2, 0.25) is 0 Å². The van der Waals surface area contributed by atoms with Gasteiger partial charge in [-0.25, -0.2) is 9.37 Å². The standard InChI is InChI=1S/C11H7BrFN/c12-11-10(13)9(6-7-14-11)8-4-2-1-3-5-8/h1-7H. The molecule has 0 aliphatic rings. The molecule has 0 spiro atoms. The second kappa shape index (κ2) is 3.88. The minimum absolute atomic E-state index is 0.249. The van der Waals surface area contributed by atoms with Crippen molar-refractivity contribution in [3.63, 3.8) is 0 Å². The van der Waals surface area contributed by atoms with E-state index in [1.54, 1.807) is 12.3 Å². The molecule has 0 aliphatic carbocycles. The number of benzene rings is 1. The van der Waals surface area contributed by atoms with Crippen LogP contribution in [0.15, 0.2) is 47.2 Å². The summed E-state index contributed by atoms with van der Waals surface area (Å²) in [5.74, 6) is -0.321. The Morgan fingerprint density at radius 3 is 2.50 bits per heavy atom. The first-order valence-electron chi connectivity index (χ1n) is 4.14. The van der Waals surface area contributed by atoms with Gasteiger partial charge in [0.15, 0.2) is 5.82 Å². The largest absolute Gasteiger partial charge is 0.246 e. The molecule has 0 atom stereocenters. The summed E-state index contributed by atoms with van der Waals surface area (Å²) in [5, 5.41) is 0. The Hall–Kier alpha value is -1.22. The second-order valence-corrected chi connectivity index (χ2v) is 3.58. The van der Waals surface area contributed by atoms with Gasteiger partial charge in [-0.3, -0.25) is 0 Å². The molecule has 1 aromatic heterocycles. The van der Waals surface area contributed by atoms with Gasteiger partial charge in [-0.1, -0.05) is 30.3 Å². The predicted octanol–water partition coefficient (Wildman–Crippen LogP) is 3.65. The number of rotatable bonds is 1. The second-order valence-electron chi connectivity index (χ2n) is 2.83. The Bertz CT molecular complexity index is 442. The molecule has 70 valence electrons. The van der Waals surface area contributed by atoms with Gasteiger partial charge in [0.05, 0.1) is 0 Å². The lowest BCUT2D eigenvalue weighted by Crippen LogP contribution is -1.87. The summed E-state index contributed by atoms with van der Waals surface area (Å²) < 4.78 is 13.8. The van der Waals surface area contributed by atoms with Crippen molar-refractivity contribution in [1.29, 1.82) is 0 Å². The summed E-state index contributed by atoms with van der Waals surface area (Å²) in [6, 6.07) is 11.1. The molecule has 1 aromatic carbocycles. The highest BCUT2D eigenvalue weighted by Crippen LogP contribution is 2.25. The minimum Gasteiger partial charge on any atom is -0.246 e. The average Bonchev–Trinajstić information content (AvgIpc) is 2.23. The maximum Gasteiger partial charge on any atom is 0.163 e. The van der Waals surface area contributed by atoms with Crippen molar-refractivity contribution in [3.8, 4) is 11.1 Å². The molecule has 0 saturated carbocycles. The van der Waals surface area contributed by atoms with E-state index in [1.165, 1.54) is 0 Å². The number of halogens is 2. The van der Waals surface area contributed by atoms with Crippen LogP contribution in [0.4, 0.5) is 4.39 Å². The van der Waals surface area contributed by atoms with Crippen LogP contribution in [-0.2, 0) is 0 Å². The van der Waals surface area contributed by atoms with E-state index in [1.807, 2.05) is 30.3 Å². The minimum atomic E-state index is -0.321. The molecule has 0 bridgehead atoms. The summed E-state index contributed by atoms with van der Waals surface area (Å²) in [5.41, 5.74) is 1.42. The van der Waals surface area contributed by atoms with Gasteiger partial charge in [0.25, 0.3) is 0 Å². The van der Waals surface area contributed by atoms with E-state index in [0.29, 0.717) is 5.56 Å². The normalized spacial score (nSPS) is 10.1. The van der Waals surface area contributed by atoms with Crippen molar-refractivity contribution in [2.75, 3.05) is 0 Å². The third kappa shape index (κ3) is 1.68. The summed E-state index contributed by atoms with van der Waals surface area (Å²) in [4.78, 5) is 3.81. The van der Waals surface area contributed by atoms with Gasteiger partial charge in [-0.05, 0) is 27.6 Å². The zero-order chi connectivity index (χ0) is 9.97. The first-order chi connectivity index (χ1) is 6.79. The molecule has 0 radical (unpaired) electrons. The highest BCUT2D eigenvalue weighted by atomic mass is 79.9. The fraction of sp³-hybridized carbons (Fsp3) is 0. The molecule has 0 amide bonds. The van der Waals surface area contributed by atoms with Gasteiger partial charge < -0.3 is 0 Å². The lowest BCUT2D eigenvalue weighted by molar-refractivity contribution is 0.616. The highest BCUT2D eigenvalue weighted by molar-refractivity contribution is 9.10.